The molecule has 3 heterocycles. The highest BCUT2D eigenvalue weighted by Gasteiger charge is 2.49. The van der Waals surface area contributed by atoms with Gasteiger partial charge in [0.1, 0.15) is 6.04 Å². The Morgan fingerprint density at radius 1 is 1.42 bits per heavy atom. The highest BCUT2D eigenvalue weighted by Crippen LogP contribution is 2.30. The smallest absolute Gasteiger partial charge is 0.311 e. The van der Waals surface area contributed by atoms with Crippen LogP contribution in [0.1, 0.15) is 19.3 Å². The van der Waals surface area contributed by atoms with Gasteiger partial charge in [0.05, 0.1) is 19.3 Å². The molecule has 3 aliphatic heterocycles. The molecule has 3 saturated heterocycles. The fourth-order valence-electron chi connectivity index (χ4n) is 3.53. The van der Waals surface area contributed by atoms with Gasteiger partial charge in [0.25, 0.3) is 5.91 Å². The number of carbonyl (C=O) groups excluding carboxylic acids is 2. The highest BCUT2D eigenvalue weighted by molar-refractivity contribution is 7.80. The summed E-state index contributed by atoms with van der Waals surface area (Å²) in [5.41, 5.74) is 2.29. The average molecular weight is 396 g/mol. The molecule has 26 heavy (non-hydrogen) atoms. The number of rotatable bonds is 7. The summed E-state index contributed by atoms with van der Waals surface area (Å²) in [4.78, 5) is 30.8. The number of halogens is 1. The normalized spacial score (nSPS) is 31.5. The Labute approximate surface area is 149 Å². The number of nitrogens with zero attached hydrogens (tertiary/aromatic N) is 2. The molecule has 0 aromatic carbocycles. The molecule has 3 fully saturated rings. The predicted octanol–water partition coefficient (Wildman–Crippen LogP) is -1.02. The molecule has 0 aromatic heterocycles. The highest BCUT2D eigenvalue weighted by atomic mass is 32.3. The molecule has 3 aliphatic rings. The zero-order valence-electron chi connectivity index (χ0n) is 13.8. The minimum Gasteiger partial charge on any atom is -0.311 e. The van der Waals surface area contributed by atoms with Crippen LogP contribution in [0.4, 0.5) is 9.18 Å². The number of piperidine rings is 1. The number of hydrogen-bond donors (Lipinski definition) is 3. The first-order chi connectivity index (χ1) is 12.3. The minimum atomic E-state index is -4.83. The van der Waals surface area contributed by atoms with Crippen LogP contribution in [-0.4, -0.2) is 79.4 Å². The monoisotopic (exact) mass is 396 g/mol. The van der Waals surface area contributed by atoms with Gasteiger partial charge in [-0.15, -0.1) is 4.28 Å². The summed E-state index contributed by atoms with van der Waals surface area (Å²) in [5.74, 6) is -0.587. The molecule has 3 N–H and O–H groups in total. The lowest BCUT2D eigenvalue weighted by atomic mass is 10.0. The molecule has 11 nitrogen and oxygen atoms in total. The summed E-state index contributed by atoms with van der Waals surface area (Å²) in [6, 6.07) is -2.26. The summed E-state index contributed by atoms with van der Waals surface area (Å²) in [6.45, 7) is 0.436. The molecule has 0 unspecified atom stereocenters. The first-order valence-electron chi connectivity index (χ1n) is 8.26. The van der Waals surface area contributed by atoms with Gasteiger partial charge in [-0.25, -0.2) is 10.3 Å². The molecule has 0 radical (unpaired) electrons. The molecule has 0 aliphatic carbocycles. The number of urea groups is 1. The second-order valence-electron chi connectivity index (χ2n) is 6.65. The Morgan fingerprint density at radius 3 is 2.85 bits per heavy atom. The number of nitrogens with one attached hydrogen (secondary N) is 2. The number of carbonyl (C=O) groups is 2. The van der Waals surface area contributed by atoms with E-state index in [9.17, 15) is 22.4 Å². The summed E-state index contributed by atoms with van der Waals surface area (Å²) >= 11 is 0. The standard InChI is InChI=1S/C13H21FN4O7S/c14-4-8-3-9(15-5-8)7-24-16-12(19)11-2-1-10-6-17(11)13(20)18(10)25-26(21,22)23/h8-11,15H,1-7H2,(H,16,19)(H,21,22,23)/t8-,9-,10-,11+/m1/s1. The summed E-state index contributed by atoms with van der Waals surface area (Å²) in [6.07, 6.45) is 1.24. The Morgan fingerprint density at radius 2 is 2.19 bits per heavy atom. The summed E-state index contributed by atoms with van der Waals surface area (Å²) < 4.78 is 47.3. The van der Waals surface area contributed by atoms with Crippen LogP contribution < -0.4 is 10.8 Å². The lowest BCUT2D eigenvalue weighted by molar-refractivity contribution is -0.139. The van der Waals surface area contributed by atoms with Crippen molar-refractivity contribution in [2.24, 2.45) is 5.92 Å². The van der Waals surface area contributed by atoms with Crippen LogP contribution in [0.5, 0.6) is 0 Å². The number of amides is 3. The fourth-order valence-corrected chi connectivity index (χ4v) is 3.92. The van der Waals surface area contributed by atoms with E-state index in [2.05, 4.69) is 15.1 Å². The zero-order chi connectivity index (χ0) is 18.9. The summed E-state index contributed by atoms with van der Waals surface area (Å²) in [7, 11) is -4.83. The quantitative estimate of drug-likeness (QED) is 0.367. The van der Waals surface area contributed by atoms with Gasteiger partial charge in [0.2, 0.25) is 0 Å². The van der Waals surface area contributed by atoms with Gasteiger partial charge in [-0.05, 0) is 19.3 Å². The average Bonchev–Trinajstić information content (AvgIpc) is 3.13. The lowest BCUT2D eigenvalue weighted by Crippen LogP contribution is -2.50. The third-order valence-electron chi connectivity index (χ3n) is 4.79. The summed E-state index contributed by atoms with van der Waals surface area (Å²) in [5, 5.41) is 3.66. The van der Waals surface area contributed by atoms with Crippen LogP contribution in [0.15, 0.2) is 0 Å². The zero-order valence-corrected chi connectivity index (χ0v) is 14.7. The number of alkyl halides is 1. The number of fused-ring (bicyclic) bond motifs is 2. The molecule has 3 amide bonds. The van der Waals surface area contributed by atoms with Gasteiger partial charge in [0, 0.05) is 25.0 Å². The van der Waals surface area contributed by atoms with E-state index in [1.807, 2.05) is 0 Å². The molecule has 0 spiro atoms. The van der Waals surface area contributed by atoms with Gasteiger partial charge in [-0.1, -0.05) is 0 Å². The maximum atomic E-state index is 12.6. The Balaban J connectivity index is 1.49. The van der Waals surface area contributed by atoms with Gasteiger partial charge < -0.3 is 10.2 Å². The topological polar surface area (TPSA) is 138 Å². The molecule has 3 rings (SSSR count). The van der Waals surface area contributed by atoms with E-state index in [1.54, 1.807) is 0 Å². The van der Waals surface area contributed by atoms with Crippen molar-refractivity contribution >= 4 is 22.3 Å². The Kier molecular flexibility index (Phi) is 5.62. The van der Waals surface area contributed by atoms with Crippen LogP contribution in [0.3, 0.4) is 0 Å². The van der Waals surface area contributed by atoms with Crippen LogP contribution in [0.2, 0.25) is 0 Å². The third-order valence-corrected chi connectivity index (χ3v) is 5.14. The molecule has 4 atom stereocenters. The van der Waals surface area contributed by atoms with Gasteiger partial charge >= 0.3 is 16.4 Å². The lowest BCUT2D eigenvalue weighted by Gasteiger charge is -2.29. The van der Waals surface area contributed by atoms with Crippen LogP contribution in [-0.2, 0) is 24.3 Å². The largest absolute Gasteiger partial charge is 0.418 e. The predicted molar refractivity (Wildman–Crippen MR) is 83.4 cm³/mol. The van der Waals surface area contributed by atoms with Crippen LogP contribution >= 0.6 is 0 Å². The van der Waals surface area contributed by atoms with E-state index >= 15 is 0 Å². The maximum Gasteiger partial charge on any atom is 0.418 e. The van der Waals surface area contributed by atoms with Gasteiger partial charge in [0.15, 0.2) is 0 Å². The third kappa shape index (κ3) is 4.23. The van der Waals surface area contributed by atoms with Crippen molar-refractivity contribution in [2.45, 2.75) is 37.4 Å². The van der Waals surface area contributed by atoms with Crippen molar-refractivity contribution in [1.82, 2.24) is 20.8 Å². The van der Waals surface area contributed by atoms with E-state index in [1.165, 1.54) is 4.90 Å². The van der Waals surface area contributed by atoms with Crippen molar-refractivity contribution in [3.05, 3.63) is 0 Å². The van der Waals surface area contributed by atoms with E-state index in [-0.39, 0.29) is 25.1 Å². The fraction of sp³-hybridized carbons (Fsp3) is 0.846. The molecule has 148 valence electrons. The molecule has 0 saturated carbocycles. The van der Waals surface area contributed by atoms with Crippen molar-refractivity contribution < 1.29 is 36.1 Å². The first-order valence-corrected chi connectivity index (χ1v) is 9.63. The molecule has 2 bridgehead atoms. The van der Waals surface area contributed by atoms with Gasteiger partial charge in [-0.2, -0.15) is 13.5 Å². The number of hydroxylamine groups is 3. The second-order valence-corrected chi connectivity index (χ2v) is 7.65. The van der Waals surface area contributed by atoms with E-state index < -0.39 is 41.1 Å². The number of hydrogen-bond acceptors (Lipinski definition) is 7. The second kappa shape index (κ2) is 7.60. The SMILES string of the molecule is O=C(NOC[C@H]1C[C@H](CF)CN1)[C@@H]1CC[C@@H]2CN1C(=O)N2OS(=O)(=O)O. The van der Waals surface area contributed by atoms with Gasteiger partial charge in [-0.3, -0.25) is 18.6 Å². The molecule has 0 aromatic rings. The Bertz CT molecular complexity index is 663. The maximum absolute atomic E-state index is 12.6. The van der Waals surface area contributed by atoms with E-state index in [0.29, 0.717) is 30.9 Å². The van der Waals surface area contributed by atoms with Crippen molar-refractivity contribution in [2.75, 3.05) is 26.4 Å². The molecular weight excluding hydrogens is 375 g/mol. The van der Waals surface area contributed by atoms with Crippen LogP contribution in [0, 0.1) is 5.92 Å². The molecule has 13 heteroatoms. The van der Waals surface area contributed by atoms with Crippen LogP contribution in [0.25, 0.3) is 0 Å². The van der Waals surface area contributed by atoms with E-state index in [4.69, 9.17) is 9.39 Å². The van der Waals surface area contributed by atoms with Crippen molar-refractivity contribution in [3.8, 4) is 0 Å². The molecular formula is C13H21FN4O7S. The minimum absolute atomic E-state index is 0.0504. The van der Waals surface area contributed by atoms with Crippen molar-refractivity contribution in [3.63, 3.8) is 0 Å². The van der Waals surface area contributed by atoms with E-state index in [0.717, 1.165) is 0 Å². The van der Waals surface area contributed by atoms with Crippen molar-refractivity contribution in [1.29, 1.82) is 0 Å². The Hall–Kier alpha value is -1.54. The first kappa shape index (κ1) is 19.2.